The van der Waals surface area contributed by atoms with Crippen LogP contribution in [0.2, 0.25) is 0 Å². The molecule has 1 aliphatic carbocycles. The molecule has 0 spiro atoms. The van der Waals surface area contributed by atoms with Gasteiger partial charge in [-0.1, -0.05) is 97.1 Å². The fraction of sp³-hybridized carbons (Fsp3) is 0.0370. The first-order valence-corrected chi connectivity index (χ1v) is 9.44. The first-order valence-electron chi connectivity index (χ1n) is 9.44. The molecule has 0 unspecified atom stereocenters. The van der Waals surface area contributed by atoms with Crippen molar-refractivity contribution in [2.24, 2.45) is 0 Å². The average molecular weight is 344 g/mol. The van der Waals surface area contributed by atoms with E-state index in [1.165, 1.54) is 44.2 Å². The van der Waals surface area contributed by atoms with Crippen LogP contribution in [0.1, 0.15) is 28.7 Å². The van der Waals surface area contributed by atoms with E-state index in [1.54, 1.807) is 0 Å². The van der Waals surface area contributed by atoms with E-state index in [1.807, 2.05) is 0 Å². The first kappa shape index (κ1) is 15.8. The van der Waals surface area contributed by atoms with Crippen molar-refractivity contribution in [3.63, 3.8) is 0 Å². The van der Waals surface area contributed by atoms with Crippen molar-refractivity contribution < 1.29 is 0 Å². The number of hydrogen-bond donors (Lipinski definition) is 0. The van der Waals surface area contributed by atoms with E-state index in [0.717, 1.165) is 6.42 Å². The highest BCUT2D eigenvalue weighted by molar-refractivity contribution is 6.03. The van der Waals surface area contributed by atoms with Crippen molar-refractivity contribution >= 4 is 28.0 Å². The Morgan fingerprint density at radius 2 is 1.15 bits per heavy atom. The summed E-state index contributed by atoms with van der Waals surface area (Å²) in [5, 5.41) is 2.59. The molecule has 0 bridgehead atoms. The molecule has 128 valence electrons. The quantitative estimate of drug-likeness (QED) is 0.360. The average Bonchev–Trinajstić information content (AvgIpc) is 2.74. The Hall–Kier alpha value is -3.38. The summed E-state index contributed by atoms with van der Waals surface area (Å²) < 4.78 is 0. The summed E-state index contributed by atoms with van der Waals surface area (Å²) in [5.74, 6) is 0. The van der Waals surface area contributed by atoms with Crippen LogP contribution in [0.3, 0.4) is 0 Å². The van der Waals surface area contributed by atoms with Gasteiger partial charge in [0, 0.05) is 0 Å². The van der Waals surface area contributed by atoms with Crippen LogP contribution in [-0.2, 0) is 0 Å². The van der Waals surface area contributed by atoms with Crippen LogP contribution in [0.15, 0.2) is 103 Å². The molecule has 0 saturated carbocycles. The van der Waals surface area contributed by atoms with Gasteiger partial charge in [-0.05, 0) is 62.7 Å². The normalized spacial score (nSPS) is 12.8. The summed E-state index contributed by atoms with van der Waals surface area (Å²) in [5.41, 5.74) is 7.92. The van der Waals surface area contributed by atoms with Gasteiger partial charge in [-0.3, -0.25) is 0 Å². The Balaban J connectivity index is 1.83. The van der Waals surface area contributed by atoms with Crippen LogP contribution in [0.4, 0.5) is 0 Å². The van der Waals surface area contributed by atoms with Gasteiger partial charge in [-0.25, -0.2) is 0 Å². The van der Waals surface area contributed by atoms with Gasteiger partial charge in [-0.15, -0.1) is 0 Å². The van der Waals surface area contributed by atoms with Gasteiger partial charge in [0.15, 0.2) is 0 Å². The van der Waals surface area contributed by atoms with Crippen LogP contribution >= 0.6 is 0 Å². The van der Waals surface area contributed by atoms with Gasteiger partial charge in [-0.2, -0.15) is 0 Å². The lowest BCUT2D eigenvalue weighted by atomic mass is 9.83. The highest BCUT2D eigenvalue weighted by atomic mass is 14.2. The molecule has 5 rings (SSSR count). The lowest BCUT2D eigenvalue weighted by Crippen LogP contribution is -2.00. The largest absolute Gasteiger partial charge is 0.0795 e. The molecule has 0 aliphatic heterocycles. The minimum atomic E-state index is 0.949. The van der Waals surface area contributed by atoms with Crippen molar-refractivity contribution in [2.45, 2.75) is 6.42 Å². The summed E-state index contributed by atoms with van der Waals surface area (Å²) in [6.07, 6.45) is 5.50. The number of fused-ring (bicyclic) bond motifs is 2. The second-order valence-corrected chi connectivity index (χ2v) is 6.98. The van der Waals surface area contributed by atoms with Gasteiger partial charge in [0.05, 0.1) is 0 Å². The standard InChI is InChI=1S/C27H20/c1-3-10-20(11-4-1)27(21-12-5-2-6-13-21)25-17-9-16-24-18-22-14-7-8-15-23(22)19-26(24)25/h1-16,18-19H,17H2. The monoisotopic (exact) mass is 344 g/mol. The molecular weight excluding hydrogens is 324 g/mol. The Morgan fingerprint density at radius 3 is 1.78 bits per heavy atom. The molecule has 0 saturated heterocycles. The van der Waals surface area contributed by atoms with Gasteiger partial charge < -0.3 is 0 Å². The minimum Gasteiger partial charge on any atom is -0.0795 e. The smallest absolute Gasteiger partial charge is 0.00700 e. The summed E-state index contributed by atoms with van der Waals surface area (Å²) in [7, 11) is 0. The molecule has 1 aliphatic rings. The first-order chi connectivity index (χ1) is 13.4. The molecule has 0 nitrogen and oxygen atoms in total. The second-order valence-electron chi connectivity index (χ2n) is 6.98. The van der Waals surface area contributed by atoms with E-state index in [-0.39, 0.29) is 0 Å². The molecule has 0 heteroatoms. The fourth-order valence-corrected chi connectivity index (χ4v) is 4.03. The SMILES string of the molecule is C1=Cc2cc3ccccc3cc2C(=C(c2ccccc2)c2ccccc2)C1. The van der Waals surface area contributed by atoms with Crippen molar-refractivity contribution in [1.82, 2.24) is 0 Å². The molecule has 0 fully saturated rings. The highest BCUT2D eigenvalue weighted by Gasteiger charge is 2.18. The Morgan fingerprint density at radius 1 is 0.593 bits per heavy atom. The summed E-state index contributed by atoms with van der Waals surface area (Å²) in [6, 6.07) is 34.8. The van der Waals surface area contributed by atoms with Gasteiger partial charge >= 0.3 is 0 Å². The third-order valence-electron chi connectivity index (χ3n) is 5.29. The molecular formula is C27H20. The lowest BCUT2D eigenvalue weighted by Gasteiger charge is -2.21. The molecule has 27 heavy (non-hydrogen) atoms. The third-order valence-corrected chi connectivity index (χ3v) is 5.29. The number of rotatable bonds is 2. The lowest BCUT2D eigenvalue weighted by molar-refractivity contribution is 1.36. The van der Waals surface area contributed by atoms with Crippen LogP contribution in [0, 0.1) is 0 Å². The Bertz CT molecular complexity index is 1120. The van der Waals surface area contributed by atoms with E-state index in [2.05, 4.69) is 109 Å². The number of benzene rings is 4. The molecule has 0 heterocycles. The van der Waals surface area contributed by atoms with Gasteiger partial charge in [0.1, 0.15) is 0 Å². The summed E-state index contributed by atoms with van der Waals surface area (Å²) in [6.45, 7) is 0. The summed E-state index contributed by atoms with van der Waals surface area (Å²) in [4.78, 5) is 0. The Kier molecular flexibility index (Phi) is 3.95. The predicted octanol–water partition coefficient (Wildman–Crippen LogP) is 7.22. The van der Waals surface area contributed by atoms with E-state index in [4.69, 9.17) is 0 Å². The molecule has 4 aromatic rings. The maximum atomic E-state index is 2.36. The second kappa shape index (κ2) is 6.74. The van der Waals surface area contributed by atoms with Gasteiger partial charge in [0.25, 0.3) is 0 Å². The van der Waals surface area contributed by atoms with Crippen LogP contribution in [-0.4, -0.2) is 0 Å². The molecule has 4 aromatic carbocycles. The zero-order chi connectivity index (χ0) is 18.1. The van der Waals surface area contributed by atoms with E-state index >= 15 is 0 Å². The minimum absolute atomic E-state index is 0.949. The van der Waals surface area contributed by atoms with Crippen molar-refractivity contribution in [3.8, 4) is 0 Å². The maximum Gasteiger partial charge on any atom is -0.00700 e. The predicted molar refractivity (Wildman–Crippen MR) is 116 cm³/mol. The number of allylic oxidation sites excluding steroid dienone is 2. The van der Waals surface area contributed by atoms with Crippen LogP contribution in [0.25, 0.3) is 28.0 Å². The van der Waals surface area contributed by atoms with Crippen LogP contribution in [0.5, 0.6) is 0 Å². The zero-order valence-electron chi connectivity index (χ0n) is 15.1. The van der Waals surface area contributed by atoms with Crippen molar-refractivity contribution in [1.29, 1.82) is 0 Å². The Labute approximate surface area is 160 Å². The van der Waals surface area contributed by atoms with E-state index in [0.29, 0.717) is 0 Å². The van der Waals surface area contributed by atoms with Crippen LogP contribution < -0.4 is 0 Å². The molecule has 0 amide bonds. The fourth-order valence-electron chi connectivity index (χ4n) is 4.03. The van der Waals surface area contributed by atoms with E-state index < -0.39 is 0 Å². The van der Waals surface area contributed by atoms with Gasteiger partial charge in [0.2, 0.25) is 0 Å². The summed E-state index contributed by atoms with van der Waals surface area (Å²) >= 11 is 0. The van der Waals surface area contributed by atoms with E-state index in [9.17, 15) is 0 Å². The molecule has 0 radical (unpaired) electrons. The highest BCUT2D eigenvalue weighted by Crippen LogP contribution is 2.40. The third kappa shape index (κ3) is 2.90. The molecule has 0 aromatic heterocycles. The zero-order valence-corrected chi connectivity index (χ0v) is 15.1. The molecule has 0 atom stereocenters. The van der Waals surface area contributed by atoms with Crippen molar-refractivity contribution in [2.75, 3.05) is 0 Å². The maximum absolute atomic E-state index is 2.36. The van der Waals surface area contributed by atoms with Crippen molar-refractivity contribution in [3.05, 3.63) is 125 Å². The molecule has 0 N–H and O–H groups in total. The number of hydrogen-bond acceptors (Lipinski definition) is 0. The topological polar surface area (TPSA) is 0 Å².